The molecular weight excluding hydrogens is 334 g/mol. The maximum Gasteiger partial charge on any atom is 0.240 e. The quantitative estimate of drug-likeness (QED) is 0.791. The summed E-state index contributed by atoms with van der Waals surface area (Å²) in [6, 6.07) is 8.08. The zero-order valence-corrected chi connectivity index (χ0v) is 13.8. The summed E-state index contributed by atoms with van der Waals surface area (Å²) in [6.07, 6.45) is 0. The fourth-order valence-corrected chi connectivity index (χ4v) is 3.66. The van der Waals surface area contributed by atoms with Crippen LogP contribution in [0.5, 0.6) is 0 Å². The van der Waals surface area contributed by atoms with Gasteiger partial charge in [-0.2, -0.15) is 0 Å². The molecule has 4 rings (SSSR count). The molecule has 2 aromatic heterocycles. The number of rotatable bonds is 3. The summed E-state index contributed by atoms with van der Waals surface area (Å²) in [5.41, 5.74) is 3.94. The van der Waals surface area contributed by atoms with Crippen LogP contribution in [-0.2, 0) is 17.9 Å². The fraction of sp³-hybridized carbons (Fsp3) is 0.267. The molecule has 1 amide bonds. The molecule has 0 saturated carbocycles. The monoisotopic (exact) mass is 347 g/mol. The van der Waals surface area contributed by atoms with Gasteiger partial charge in [0.1, 0.15) is 5.51 Å². The molecule has 0 spiro atoms. The standard InChI is InChI=1S/C15H14ClN5OS/c16-12-2-1-3-13-11(12)6-10-7-20(4-5-21(10)13)8-14(22)18-15-19-17-9-23-15/h1-3,6,9H,4-5,7-8H2,(H,18,19,22). The van der Waals surface area contributed by atoms with Crippen molar-refractivity contribution in [2.75, 3.05) is 18.4 Å². The van der Waals surface area contributed by atoms with Crippen LogP contribution in [0.4, 0.5) is 5.13 Å². The van der Waals surface area contributed by atoms with E-state index in [1.807, 2.05) is 12.1 Å². The Morgan fingerprint density at radius 3 is 3.13 bits per heavy atom. The topological polar surface area (TPSA) is 63.1 Å². The number of fused-ring (bicyclic) bond motifs is 3. The van der Waals surface area contributed by atoms with Crippen molar-refractivity contribution in [2.24, 2.45) is 0 Å². The molecule has 1 aliphatic heterocycles. The lowest BCUT2D eigenvalue weighted by molar-refractivity contribution is -0.117. The van der Waals surface area contributed by atoms with E-state index >= 15 is 0 Å². The number of amides is 1. The lowest BCUT2D eigenvalue weighted by Crippen LogP contribution is -2.38. The van der Waals surface area contributed by atoms with Gasteiger partial charge in [-0.15, -0.1) is 10.2 Å². The van der Waals surface area contributed by atoms with Crippen molar-refractivity contribution in [1.29, 1.82) is 0 Å². The molecular formula is C15H14ClN5OS. The van der Waals surface area contributed by atoms with Crippen molar-refractivity contribution in [3.05, 3.63) is 40.5 Å². The first-order valence-electron chi connectivity index (χ1n) is 7.26. The van der Waals surface area contributed by atoms with Gasteiger partial charge in [-0.05, 0) is 18.2 Å². The molecule has 0 aliphatic carbocycles. The van der Waals surface area contributed by atoms with Crippen LogP contribution in [0.3, 0.4) is 0 Å². The summed E-state index contributed by atoms with van der Waals surface area (Å²) < 4.78 is 2.28. The van der Waals surface area contributed by atoms with Gasteiger partial charge in [0.2, 0.25) is 11.0 Å². The molecule has 0 atom stereocenters. The first-order valence-corrected chi connectivity index (χ1v) is 8.51. The zero-order chi connectivity index (χ0) is 15.8. The molecule has 6 nitrogen and oxygen atoms in total. The Morgan fingerprint density at radius 2 is 2.30 bits per heavy atom. The van der Waals surface area contributed by atoms with Gasteiger partial charge >= 0.3 is 0 Å². The van der Waals surface area contributed by atoms with Gasteiger partial charge in [0.15, 0.2) is 0 Å². The van der Waals surface area contributed by atoms with Crippen molar-refractivity contribution in [3.63, 3.8) is 0 Å². The molecule has 0 fully saturated rings. The Bertz CT molecular complexity index is 860. The average molecular weight is 348 g/mol. The third-order valence-electron chi connectivity index (χ3n) is 3.98. The van der Waals surface area contributed by atoms with Crippen molar-refractivity contribution >= 4 is 44.9 Å². The summed E-state index contributed by atoms with van der Waals surface area (Å²) in [5.74, 6) is -0.0654. The van der Waals surface area contributed by atoms with E-state index in [2.05, 4.69) is 37.1 Å². The average Bonchev–Trinajstić information content (AvgIpc) is 3.15. The Labute approximate surface area is 141 Å². The predicted molar refractivity (Wildman–Crippen MR) is 90.8 cm³/mol. The minimum Gasteiger partial charge on any atom is -0.342 e. The summed E-state index contributed by atoms with van der Waals surface area (Å²) in [5, 5.41) is 12.7. The third-order valence-corrected chi connectivity index (χ3v) is 4.91. The molecule has 118 valence electrons. The molecule has 1 N–H and O–H groups in total. The van der Waals surface area contributed by atoms with Crippen LogP contribution in [0, 0.1) is 0 Å². The molecule has 0 bridgehead atoms. The maximum absolute atomic E-state index is 12.1. The summed E-state index contributed by atoms with van der Waals surface area (Å²) >= 11 is 7.59. The van der Waals surface area contributed by atoms with Crippen LogP contribution >= 0.6 is 22.9 Å². The zero-order valence-electron chi connectivity index (χ0n) is 12.2. The lowest BCUT2D eigenvalue weighted by atomic mass is 10.2. The van der Waals surface area contributed by atoms with Crippen molar-refractivity contribution in [1.82, 2.24) is 19.7 Å². The molecule has 1 aromatic carbocycles. The highest BCUT2D eigenvalue weighted by Gasteiger charge is 2.21. The number of nitrogens with one attached hydrogen (secondary N) is 1. The highest BCUT2D eigenvalue weighted by molar-refractivity contribution is 7.13. The van der Waals surface area contributed by atoms with Crippen LogP contribution in [0.25, 0.3) is 10.9 Å². The van der Waals surface area contributed by atoms with E-state index in [-0.39, 0.29) is 5.91 Å². The maximum atomic E-state index is 12.1. The van der Waals surface area contributed by atoms with Crippen molar-refractivity contribution < 1.29 is 4.79 Å². The normalized spacial score (nSPS) is 14.8. The van der Waals surface area contributed by atoms with Crippen LogP contribution in [0.15, 0.2) is 29.8 Å². The second-order valence-electron chi connectivity index (χ2n) is 5.46. The fourth-order valence-electron chi connectivity index (χ4n) is 2.97. The van der Waals surface area contributed by atoms with E-state index in [0.717, 1.165) is 35.6 Å². The molecule has 3 heterocycles. The lowest BCUT2D eigenvalue weighted by Gasteiger charge is -2.28. The first kappa shape index (κ1) is 14.6. The number of anilines is 1. The largest absolute Gasteiger partial charge is 0.342 e. The van der Waals surface area contributed by atoms with Crippen LogP contribution in [-0.4, -0.2) is 38.7 Å². The number of aromatic nitrogens is 3. The van der Waals surface area contributed by atoms with Gasteiger partial charge < -0.3 is 4.57 Å². The second-order valence-corrected chi connectivity index (χ2v) is 6.70. The van der Waals surface area contributed by atoms with E-state index in [0.29, 0.717) is 11.7 Å². The Kier molecular flexibility index (Phi) is 3.76. The highest BCUT2D eigenvalue weighted by Crippen LogP contribution is 2.29. The van der Waals surface area contributed by atoms with Gasteiger partial charge in [-0.1, -0.05) is 29.0 Å². The smallest absolute Gasteiger partial charge is 0.240 e. The second kappa shape index (κ2) is 5.92. The number of nitrogens with zero attached hydrogens (tertiary/aromatic N) is 4. The van der Waals surface area contributed by atoms with Gasteiger partial charge in [0.05, 0.1) is 6.54 Å². The van der Waals surface area contributed by atoms with Gasteiger partial charge in [0, 0.05) is 41.3 Å². The Balaban J connectivity index is 1.49. The molecule has 0 radical (unpaired) electrons. The highest BCUT2D eigenvalue weighted by atomic mass is 35.5. The first-order chi connectivity index (χ1) is 11.2. The molecule has 0 saturated heterocycles. The van der Waals surface area contributed by atoms with E-state index in [1.165, 1.54) is 17.0 Å². The summed E-state index contributed by atoms with van der Waals surface area (Å²) in [7, 11) is 0. The van der Waals surface area contributed by atoms with E-state index in [9.17, 15) is 4.79 Å². The predicted octanol–water partition coefficient (Wildman–Crippen LogP) is 2.60. The number of hydrogen-bond donors (Lipinski definition) is 1. The summed E-state index contributed by atoms with van der Waals surface area (Å²) in [4.78, 5) is 14.2. The van der Waals surface area contributed by atoms with Crippen molar-refractivity contribution in [2.45, 2.75) is 13.1 Å². The van der Waals surface area contributed by atoms with Gasteiger partial charge in [-0.25, -0.2) is 0 Å². The number of carbonyl (C=O) groups is 1. The van der Waals surface area contributed by atoms with E-state index in [1.54, 1.807) is 5.51 Å². The molecule has 0 unspecified atom stereocenters. The summed E-state index contributed by atoms with van der Waals surface area (Å²) in [6.45, 7) is 2.75. The van der Waals surface area contributed by atoms with Gasteiger partial charge in [0.25, 0.3) is 0 Å². The number of benzene rings is 1. The van der Waals surface area contributed by atoms with Crippen LogP contribution in [0.2, 0.25) is 5.02 Å². The third kappa shape index (κ3) is 2.83. The number of hydrogen-bond acceptors (Lipinski definition) is 5. The van der Waals surface area contributed by atoms with Crippen LogP contribution in [0.1, 0.15) is 5.69 Å². The van der Waals surface area contributed by atoms with E-state index in [4.69, 9.17) is 11.6 Å². The van der Waals surface area contributed by atoms with E-state index < -0.39 is 0 Å². The minimum atomic E-state index is -0.0654. The molecule has 1 aliphatic rings. The molecule has 8 heteroatoms. The van der Waals surface area contributed by atoms with Gasteiger partial charge in [-0.3, -0.25) is 15.0 Å². The number of carbonyl (C=O) groups excluding carboxylic acids is 1. The van der Waals surface area contributed by atoms with Crippen LogP contribution < -0.4 is 5.32 Å². The minimum absolute atomic E-state index is 0.0654. The SMILES string of the molecule is O=C(CN1CCn2c(cc3c(Cl)cccc32)C1)Nc1nncs1. The molecule has 23 heavy (non-hydrogen) atoms. The van der Waals surface area contributed by atoms with Crippen molar-refractivity contribution in [3.8, 4) is 0 Å². The Morgan fingerprint density at radius 1 is 1.39 bits per heavy atom. The molecule has 3 aromatic rings. The number of halogens is 1. The Hall–Kier alpha value is -1.96.